The van der Waals surface area contributed by atoms with Gasteiger partial charge >= 0.3 is 0 Å². The monoisotopic (exact) mass is 370 g/mol. The van der Waals surface area contributed by atoms with Crippen molar-refractivity contribution in [2.75, 3.05) is 19.7 Å². The molecular weight excluding hydrogens is 340 g/mol. The summed E-state index contributed by atoms with van der Waals surface area (Å²) >= 11 is 0. The van der Waals surface area contributed by atoms with E-state index in [1.165, 1.54) is 29.5 Å². The SMILES string of the molecule is CCC[C@@]1(CO)CN(C(=O)c2ccc3[nH]c4c(c3c2)CCCC4)CC[C@H]1O. The van der Waals surface area contributed by atoms with Gasteiger partial charge in [0, 0.05) is 40.7 Å². The van der Waals surface area contributed by atoms with Crippen LogP contribution in [0.2, 0.25) is 0 Å². The zero-order valence-electron chi connectivity index (χ0n) is 16.1. The van der Waals surface area contributed by atoms with Crippen molar-refractivity contribution in [3.63, 3.8) is 0 Å². The number of H-pyrrole nitrogens is 1. The smallest absolute Gasteiger partial charge is 0.253 e. The first-order chi connectivity index (χ1) is 13.1. The van der Waals surface area contributed by atoms with Crippen molar-refractivity contribution in [3.8, 4) is 0 Å². The minimum atomic E-state index is -0.597. The first-order valence-electron chi connectivity index (χ1n) is 10.3. The van der Waals surface area contributed by atoms with E-state index in [2.05, 4.69) is 4.98 Å². The minimum absolute atomic E-state index is 0.00323. The Morgan fingerprint density at radius 1 is 1.33 bits per heavy atom. The van der Waals surface area contributed by atoms with Crippen LogP contribution in [-0.4, -0.2) is 51.8 Å². The topological polar surface area (TPSA) is 76.6 Å². The molecule has 4 rings (SSSR count). The zero-order chi connectivity index (χ0) is 19.0. The first-order valence-corrected chi connectivity index (χ1v) is 10.3. The van der Waals surface area contributed by atoms with Crippen molar-refractivity contribution in [1.82, 2.24) is 9.88 Å². The zero-order valence-corrected chi connectivity index (χ0v) is 16.1. The van der Waals surface area contributed by atoms with Crippen LogP contribution in [0.5, 0.6) is 0 Å². The van der Waals surface area contributed by atoms with E-state index in [-0.39, 0.29) is 12.5 Å². The average molecular weight is 370 g/mol. The Hall–Kier alpha value is -1.85. The van der Waals surface area contributed by atoms with Crippen LogP contribution < -0.4 is 0 Å². The van der Waals surface area contributed by atoms with Crippen molar-refractivity contribution in [3.05, 3.63) is 35.0 Å². The number of amides is 1. The summed E-state index contributed by atoms with van der Waals surface area (Å²) in [5.74, 6) is 0.00323. The molecule has 2 heterocycles. The molecule has 1 aliphatic carbocycles. The highest BCUT2D eigenvalue weighted by molar-refractivity contribution is 5.99. The average Bonchev–Trinajstić information content (AvgIpc) is 3.07. The fourth-order valence-electron chi connectivity index (χ4n) is 5.02. The van der Waals surface area contributed by atoms with Crippen LogP contribution in [0.1, 0.15) is 60.6 Å². The van der Waals surface area contributed by atoms with E-state index in [4.69, 9.17) is 0 Å². The summed E-state index contributed by atoms with van der Waals surface area (Å²) in [6.45, 7) is 2.92. The molecule has 1 saturated heterocycles. The molecule has 1 aromatic carbocycles. The molecule has 3 N–H and O–H groups in total. The number of aromatic nitrogens is 1. The number of fused-ring (bicyclic) bond motifs is 3. The maximum atomic E-state index is 13.2. The molecule has 27 heavy (non-hydrogen) atoms. The Balaban J connectivity index is 1.62. The molecule has 0 bridgehead atoms. The van der Waals surface area contributed by atoms with E-state index < -0.39 is 11.5 Å². The number of nitrogens with zero attached hydrogens (tertiary/aromatic N) is 1. The third-order valence-corrected chi connectivity index (χ3v) is 6.58. The van der Waals surface area contributed by atoms with Crippen molar-refractivity contribution in [2.45, 2.75) is 58.0 Å². The molecule has 1 aromatic heterocycles. The molecule has 1 aliphatic heterocycles. The van der Waals surface area contributed by atoms with E-state index in [9.17, 15) is 15.0 Å². The Bertz CT molecular complexity index is 843. The standard InChI is InChI=1S/C22H30N2O3/c1-2-10-22(14-25)13-24(11-9-20(22)26)21(27)15-7-8-19-17(12-15)16-5-3-4-6-18(16)23-19/h7-8,12,20,23,25-26H,2-6,9-11,13-14H2,1H3/t20-,22+/m1/s1. The number of benzene rings is 1. The highest BCUT2D eigenvalue weighted by Crippen LogP contribution is 2.36. The maximum Gasteiger partial charge on any atom is 0.253 e. The van der Waals surface area contributed by atoms with E-state index in [0.29, 0.717) is 25.1 Å². The molecule has 0 spiro atoms. The highest BCUT2D eigenvalue weighted by atomic mass is 16.3. The molecule has 5 nitrogen and oxygen atoms in total. The molecule has 2 aliphatic rings. The van der Waals surface area contributed by atoms with E-state index in [1.807, 2.05) is 30.0 Å². The van der Waals surface area contributed by atoms with Crippen LogP contribution in [0.25, 0.3) is 10.9 Å². The van der Waals surface area contributed by atoms with Gasteiger partial charge in [0.2, 0.25) is 0 Å². The molecule has 0 saturated carbocycles. The van der Waals surface area contributed by atoms with Gasteiger partial charge < -0.3 is 20.1 Å². The number of carbonyl (C=O) groups excluding carboxylic acids is 1. The second kappa shape index (κ2) is 7.28. The predicted molar refractivity (Wildman–Crippen MR) is 106 cm³/mol. The first kappa shape index (κ1) is 18.5. The largest absolute Gasteiger partial charge is 0.396 e. The molecular formula is C22H30N2O3. The lowest BCUT2D eigenvalue weighted by Gasteiger charge is -2.45. The Kier molecular flexibility index (Phi) is 4.99. The number of nitrogens with one attached hydrogen (secondary N) is 1. The van der Waals surface area contributed by atoms with Crippen molar-refractivity contribution < 1.29 is 15.0 Å². The number of likely N-dealkylation sites (tertiary alicyclic amines) is 1. The fourth-order valence-corrected chi connectivity index (χ4v) is 5.02. The molecule has 1 fully saturated rings. The van der Waals surface area contributed by atoms with Gasteiger partial charge in [-0.3, -0.25) is 4.79 Å². The summed E-state index contributed by atoms with van der Waals surface area (Å²) < 4.78 is 0. The number of aryl methyl sites for hydroxylation is 2. The van der Waals surface area contributed by atoms with Gasteiger partial charge in [-0.05, 0) is 62.3 Å². The van der Waals surface area contributed by atoms with E-state index in [1.54, 1.807) is 0 Å². The number of carbonyl (C=O) groups is 1. The number of aromatic amines is 1. The lowest BCUT2D eigenvalue weighted by molar-refractivity contribution is -0.0720. The predicted octanol–water partition coefficient (Wildman–Crippen LogP) is 3.03. The van der Waals surface area contributed by atoms with Crippen molar-refractivity contribution in [2.24, 2.45) is 5.41 Å². The number of aliphatic hydroxyl groups is 2. The van der Waals surface area contributed by atoms with Gasteiger partial charge in [-0.15, -0.1) is 0 Å². The van der Waals surface area contributed by atoms with Crippen LogP contribution in [0.4, 0.5) is 0 Å². The third-order valence-electron chi connectivity index (χ3n) is 6.58. The van der Waals surface area contributed by atoms with E-state index >= 15 is 0 Å². The quantitative estimate of drug-likeness (QED) is 0.774. The lowest BCUT2D eigenvalue weighted by Crippen LogP contribution is -2.55. The van der Waals surface area contributed by atoms with Gasteiger partial charge in [0.1, 0.15) is 0 Å². The van der Waals surface area contributed by atoms with Crippen molar-refractivity contribution >= 4 is 16.8 Å². The lowest BCUT2D eigenvalue weighted by atomic mass is 9.74. The minimum Gasteiger partial charge on any atom is -0.396 e. The molecule has 0 unspecified atom stereocenters. The van der Waals surface area contributed by atoms with Crippen LogP contribution in [-0.2, 0) is 12.8 Å². The van der Waals surface area contributed by atoms with Gasteiger partial charge in [0.15, 0.2) is 0 Å². The summed E-state index contributed by atoms with van der Waals surface area (Å²) in [6.07, 6.45) is 6.17. The number of hydrogen-bond donors (Lipinski definition) is 3. The van der Waals surface area contributed by atoms with Gasteiger partial charge in [-0.25, -0.2) is 0 Å². The van der Waals surface area contributed by atoms with Gasteiger partial charge in [0.05, 0.1) is 12.7 Å². The molecule has 1 amide bonds. The summed E-state index contributed by atoms with van der Waals surface area (Å²) in [5, 5.41) is 21.6. The van der Waals surface area contributed by atoms with Crippen LogP contribution in [0.15, 0.2) is 18.2 Å². The Morgan fingerprint density at radius 2 is 2.15 bits per heavy atom. The molecule has 5 heteroatoms. The van der Waals surface area contributed by atoms with Gasteiger partial charge in [-0.1, -0.05) is 13.3 Å². The van der Waals surface area contributed by atoms with Gasteiger partial charge in [0.25, 0.3) is 5.91 Å². The van der Waals surface area contributed by atoms with Crippen molar-refractivity contribution in [1.29, 1.82) is 0 Å². The highest BCUT2D eigenvalue weighted by Gasteiger charge is 2.43. The number of aliphatic hydroxyl groups excluding tert-OH is 2. The third kappa shape index (κ3) is 3.17. The number of rotatable bonds is 4. The number of hydrogen-bond acceptors (Lipinski definition) is 3. The maximum absolute atomic E-state index is 13.2. The summed E-state index contributed by atoms with van der Waals surface area (Å²) in [5.41, 5.74) is 3.91. The Morgan fingerprint density at radius 3 is 2.93 bits per heavy atom. The summed E-state index contributed by atoms with van der Waals surface area (Å²) in [7, 11) is 0. The van der Waals surface area contributed by atoms with Crippen LogP contribution in [0.3, 0.4) is 0 Å². The molecule has 146 valence electrons. The fraction of sp³-hybridized carbons (Fsp3) is 0.591. The van der Waals surface area contributed by atoms with Crippen LogP contribution in [0, 0.1) is 5.41 Å². The summed E-state index contributed by atoms with van der Waals surface area (Å²) in [6, 6.07) is 5.95. The summed E-state index contributed by atoms with van der Waals surface area (Å²) in [4.78, 5) is 18.5. The van der Waals surface area contributed by atoms with Gasteiger partial charge in [-0.2, -0.15) is 0 Å². The molecule has 2 aromatic rings. The number of piperidine rings is 1. The molecule has 2 atom stereocenters. The second-order valence-electron chi connectivity index (χ2n) is 8.35. The molecule has 0 radical (unpaired) electrons. The Labute approximate surface area is 160 Å². The normalized spacial score (nSPS) is 25.6. The van der Waals surface area contributed by atoms with Crippen LogP contribution >= 0.6 is 0 Å². The van der Waals surface area contributed by atoms with E-state index in [0.717, 1.165) is 31.2 Å². The second-order valence-corrected chi connectivity index (χ2v) is 8.35.